The average Bonchev–Trinajstić information content (AvgIpc) is 2.36. The van der Waals surface area contributed by atoms with Crippen molar-refractivity contribution in [2.45, 2.75) is 38.2 Å². The van der Waals surface area contributed by atoms with Crippen LogP contribution in [-0.2, 0) is 10.5 Å². The van der Waals surface area contributed by atoms with Crippen molar-refractivity contribution in [2.75, 3.05) is 6.54 Å². The molecular weight excluding hydrogens is 242 g/mol. The van der Waals surface area contributed by atoms with Gasteiger partial charge in [-0.25, -0.2) is 0 Å². The highest BCUT2D eigenvalue weighted by Gasteiger charge is 2.12. The molecule has 0 heterocycles. The van der Waals surface area contributed by atoms with Crippen molar-refractivity contribution in [3.05, 3.63) is 35.9 Å². The standard InChI is InChI=1S/C15H23NOS/c1-12(2)9-10-16-15(17)13(3)18-11-14-7-5-4-6-8-14/h4-8,12-13H,9-11H2,1-3H3,(H,16,17)/t13-/m0/s1. The van der Waals surface area contributed by atoms with Crippen LogP contribution in [0.1, 0.15) is 32.8 Å². The summed E-state index contributed by atoms with van der Waals surface area (Å²) in [4.78, 5) is 11.8. The van der Waals surface area contributed by atoms with Gasteiger partial charge in [-0.1, -0.05) is 44.2 Å². The maximum atomic E-state index is 11.8. The summed E-state index contributed by atoms with van der Waals surface area (Å²) in [6.45, 7) is 7.09. The number of thioether (sulfide) groups is 1. The molecule has 100 valence electrons. The van der Waals surface area contributed by atoms with Gasteiger partial charge >= 0.3 is 0 Å². The van der Waals surface area contributed by atoms with Gasteiger partial charge in [-0.05, 0) is 24.8 Å². The van der Waals surface area contributed by atoms with Gasteiger partial charge in [0.05, 0.1) is 5.25 Å². The third kappa shape index (κ3) is 6.10. The molecule has 1 amide bonds. The number of carbonyl (C=O) groups excluding carboxylic acids is 1. The fourth-order valence-electron chi connectivity index (χ4n) is 1.50. The molecule has 1 aromatic rings. The lowest BCUT2D eigenvalue weighted by atomic mass is 10.1. The smallest absolute Gasteiger partial charge is 0.232 e. The van der Waals surface area contributed by atoms with E-state index >= 15 is 0 Å². The molecule has 2 nitrogen and oxygen atoms in total. The van der Waals surface area contributed by atoms with Crippen LogP contribution in [0.2, 0.25) is 0 Å². The van der Waals surface area contributed by atoms with Crippen molar-refractivity contribution in [2.24, 2.45) is 5.92 Å². The Labute approximate surface area is 115 Å². The van der Waals surface area contributed by atoms with E-state index in [1.54, 1.807) is 11.8 Å². The van der Waals surface area contributed by atoms with Crippen LogP contribution in [0.4, 0.5) is 0 Å². The van der Waals surface area contributed by atoms with Gasteiger partial charge in [0.15, 0.2) is 0 Å². The fourth-order valence-corrected chi connectivity index (χ4v) is 2.37. The molecule has 0 spiro atoms. The zero-order chi connectivity index (χ0) is 13.4. The molecule has 3 heteroatoms. The Morgan fingerprint density at radius 1 is 1.22 bits per heavy atom. The molecular formula is C15H23NOS. The van der Waals surface area contributed by atoms with E-state index in [0.29, 0.717) is 5.92 Å². The highest BCUT2D eigenvalue weighted by Crippen LogP contribution is 2.17. The van der Waals surface area contributed by atoms with Crippen molar-refractivity contribution < 1.29 is 4.79 Å². The Balaban J connectivity index is 2.23. The van der Waals surface area contributed by atoms with Gasteiger partial charge in [0.1, 0.15) is 0 Å². The summed E-state index contributed by atoms with van der Waals surface area (Å²) in [7, 11) is 0. The SMILES string of the molecule is CC(C)CCNC(=O)[C@H](C)SCc1ccccc1. The molecule has 0 saturated heterocycles. The van der Waals surface area contributed by atoms with Gasteiger partial charge < -0.3 is 5.32 Å². The summed E-state index contributed by atoms with van der Waals surface area (Å²) in [5, 5.41) is 3.00. The van der Waals surface area contributed by atoms with Gasteiger partial charge in [-0.15, -0.1) is 11.8 Å². The average molecular weight is 265 g/mol. The third-order valence-corrected chi connectivity index (χ3v) is 3.95. The van der Waals surface area contributed by atoms with Crippen molar-refractivity contribution in [1.29, 1.82) is 0 Å². The maximum absolute atomic E-state index is 11.8. The van der Waals surface area contributed by atoms with Crippen molar-refractivity contribution in [3.63, 3.8) is 0 Å². The van der Waals surface area contributed by atoms with Gasteiger partial charge in [0.25, 0.3) is 0 Å². The Hall–Kier alpha value is -0.960. The van der Waals surface area contributed by atoms with Gasteiger partial charge in [0, 0.05) is 12.3 Å². The largest absolute Gasteiger partial charge is 0.355 e. The zero-order valence-electron chi connectivity index (χ0n) is 11.5. The maximum Gasteiger partial charge on any atom is 0.232 e. The summed E-state index contributed by atoms with van der Waals surface area (Å²) in [5.41, 5.74) is 1.27. The predicted octanol–water partition coefficient (Wildman–Crippen LogP) is 3.47. The summed E-state index contributed by atoms with van der Waals surface area (Å²) < 4.78 is 0. The predicted molar refractivity (Wildman–Crippen MR) is 79.7 cm³/mol. The van der Waals surface area contributed by atoms with Gasteiger partial charge in [-0.2, -0.15) is 0 Å². The summed E-state index contributed by atoms with van der Waals surface area (Å²) >= 11 is 1.68. The topological polar surface area (TPSA) is 29.1 Å². The second-order valence-corrected chi connectivity index (χ2v) is 6.24. The molecule has 0 unspecified atom stereocenters. The fraction of sp³-hybridized carbons (Fsp3) is 0.533. The highest BCUT2D eigenvalue weighted by molar-refractivity contribution is 7.99. The van der Waals surface area contributed by atoms with Gasteiger partial charge in [0.2, 0.25) is 5.91 Å². The lowest BCUT2D eigenvalue weighted by Crippen LogP contribution is -2.32. The van der Waals surface area contributed by atoms with Gasteiger partial charge in [-0.3, -0.25) is 4.79 Å². The molecule has 1 N–H and O–H groups in total. The Kier molecular flexibility index (Phi) is 6.88. The van der Waals surface area contributed by atoms with E-state index in [1.807, 2.05) is 25.1 Å². The monoisotopic (exact) mass is 265 g/mol. The second-order valence-electron chi connectivity index (χ2n) is 4.91. The van der Waals surface area contributed by atoms with Crippen LogP contribution < -0.4 is 5.32 Å². The summed E-state index contributed by atoms with van der Waals surface area (Å²) in [6, 6.07) is 10.3. The number of nitrogens with one attached hydrogen (secondary N) is 1. The highest BCUT2D eigenvalue weighted by atomic mass is 32.2. The van der Waals surface area contributed by atoms with E-state index in [0.717, 1.165) is 18.7 Å². The molecule has 0 fully saturated rings. The molecule has 1 aromatic carbocycles. The lowest BCUT2D eigenvalue weighted by molar-refractivity contribution is -0.120. The quantitative estimate of drug-likeness (QED) is 0.818. The van der Waals surface area contributed by atoms with Crippen LogP contribution in [0.25, 0.3) is 0 Å². The molecule has 0 saturated carbocycles. The normalized spacial score (nSPS) is 12.4. The number of hydrogen-bond donors (Lipinski definition) is 1. The van der Waals surface area contributed by atoms with E-state index in [2.05, 4.69) is 31.3 Å². The van der Waals surface area contributed by atoms with E-state index < -0.39 is 0 Å². The van der Waals surface area contributed by atoms with Crippen LogP contribution in [0.5, 0.6) is 0 Å². The molecule has 0 aliphatic rings. The molecule has 0 bridgehead atoms. The molecule has 0 aliphatic heterocycles. The molecule has 0 radical (unpaired) electrons. The van der Waals surface area contributed by atoms with E-state index in [4.69, 9.17) is 0 Å². The first-order chi connectivity index (χ1) is 8.59. The van der Waals surface area contributed by atoms with E-state index in [1.165, 1.54) is 5.56 Å². The van der Waals surface area contributed by atoms with Crippen LogP contribution in [0, 0.1) is 5.92 Å². The first kappa shape index (κ1) is 15.1. The van der Waals surface area contributed by atoms with Crippen LogP contribution in [0.15, 0.2) is 30.3 Å². The lowest BCUT2D eigenvalue weighted by Gasteiger charge is -2.12. The zero-order valence-corrected chi connectivity index (χ0v) is 12.3. The first-order valence-electron chi connectivity index (χ1n) is 6.53. The molecule has 0 aliphatic carbocycles. The Bertz CT molecular complexity index is 351. The first-order valence-corrected chi connectivity index (χ1v) is 7.57. The third-order valence-electron chi connectivity index (χ3n) is 2.73. The van der Waals surface area contributed by atoms with Crippen molar-refractivity contribution in [3.8, 4) is 0 Å². The Morgan fingerprint density at radius 3 is 2.50 bits per heavy atom. The minimum atomic E-state index is 0.0115. The summed E-state index contributed by atoms with van der Waals surface area (Å²) in [5.74, 6) is 1.67. The number of rotatable bonds is 7. The minimum absolute atomic E-state index is 0.0115. The van der Waals surface area contributed by atoms with Crippen molar-refractivity contribution in [1.82, 2.24) is 5.32 Å². The number of hydrogen-bond acceptors (Lipinski definition) is 2. The van der Waals surface area contributed by atoms with Crippen LogP contribution >= 0.6 is 11.8 Å². The van der Waals surface area contributed by atoms with Crippen LogP contribution in [-0.4, -0.2) is 17.7 Å². The number of carbonyl (C=O) groups is 1. The van der Waals surface area contributed by atoms with Crippen molar-refractivity contribution >= 4 is 17.7 Å². The second kappa shape index (κ2) is 8.20. The minimum Gasteiger partial charge on any atom is -0.355 e. The van der Waals surface area contributed by atoms with Crippen LogP contribution in [0.3, 0.4) is 0 Å². The van der Waals surface area contributed by atoms with E-state index in [9.17, 15) is 4.79 Å². The molecule has 0 aromatic heterocycles. The Morgan fingerprint density at radius 2 is 1.89 bits per heavy atom. The number of amides is 1. The molecule has 18 heavy (non-hydrogen) atoms. The molecule has 1 rings (SSSR count). The van der Waals surface area contributed by atoms with E-state index in [-0.39, 0.29) is 11.2 Å². The molecule has 1 atom stereocenters. The number of benzene rings is 1. The summed E-state index contributed by atoms with van der Waals surface area (Å²) in [6.07, 6.45) is 1.04.